The van der Waals surface area contributed by atoms with Gasteiger partial charge >= 0.3 is 24.0 Å². The van der Waals surface area contributed by atoms with Crippen molar-refractivity contribution in [2.75, 3.05) is 34.0 Å². The van der Waals surface area contributed by atoms with E-state index in [2.05, 4.69) is 15.3 Å². The van der Waals surface area contributed by atoms with E-state index in [0.29, 0.717) is 11.5 Å². The number of ether oxygens (including phenoxy) is 9. The largest absolute Gasteiger partial charge is 0.493 e. The maximum absolute atomic E-state index is 13.0. The number of benzene rings is 1. The van der Waals surface area contributed by atoms with Crippen LogP contribution in [0.4, 0.5) is 4.79 Å². The Morgan fingerprint density at radius 3 is 2.21 bits per heavy atom. The second-order valence-electron chi connectivity index (χ2n) is 12.1. The van der Waals surface area contributed by atoms with Gasteiger partial charge in [0.05, 0.1) is 34.0 Å². The molecule has 17 heteroatoms. The summed E-state index contributed by atoms with van der Waals surface area (Å²) < 4.78 is 50.7. The molecular formula is C31H42N4O13. The van der Waals surface area contributed by atoms with Crippen LogP contribution in [0.2, 0.25) is 0 Å². The molecule has 0 aliphatic carbocycles. The molecule has 1 saturated heterocycles. The van der Waals surface area contributed by atoms with Crippen molar-refractivity contribution in [3.63, 3.8) is 0 Å². The van der Waals surface area contributed by atoms with E-state index in [9.17, 15) is 24.7 Å². The highest BCUT2D eigenvalue weighted by atomic mass is 16.7. The molecule has 2 heterocycles. The van der Waals surface area contributed by atoms with Gasteiger partial charge in [0.2, 0.25) is 5.79 Å². The monoisotopic (exact) mass is 678 g/mol. The fourth-order valence-electron chi connectivity index (χ4n) is 5.08. The first-order valence-electron chi connectivity index (χ1n) is 14.9. The maximum atomic E-state index is 13.0. The topological polar surface area (TPSA) is 212 Å². The maximum Gasteiger partial charge on any atom is 0.408 e. The Balaban J connectivity index is 2.02. The Labute approximate surface area is 277 Å². The first-order valence-corrected chi connectivity index (χ1v) is 14.9. The lowest BCUT2D eigenvalue weighted by molar-refractivity contribution is -0.318. The minimum Gasteiger partial charge on any atom is -0.493 e. The molecule has 3 rings (SSSR count). The molecule has 17 nitrogen and oxygen atoms in total. The summed E-state index contributed by atoms with van der Waals surface area (Å²) in [4.78, 5) is 51.9. The van der Waals surface area contributed by atoms with Crippen LogP contribution in [0, 0.1) is 0 Å². The molecule has 48 heavy (non-hydrogen) atoms. The van der Waals surface area contributed by atoms with Crippen molar-refractivity contribution in [2.24, 2.45) is 5.11 Å². The average Bonchev–Trinajstić information content (AvgIpc) is 2.99. The van der Waals surface area contributed by atoms with E-state index in [4.69, 9.17) is 42.6 Å². The van der Waals surface area contributed by atoms with Crippen LogP contribution in [0.1, 0.15) is 47.1 Å². The summed E-state index contributed by atoms with van der Waals surface area (Å²) in [5.41, 5.74) is 8.06. The van der Waals surface area contributed by atoms with Gasteiger partial charge in [0.15, 0.2) is 23.7 Å². The molecule has 1 aromatic carbocycles. The van der Waals surface area contributed by atoms with Crippen LogP contribution in [0.3, 0.4) is 0 Å². The number of rotatable bonds is 12. The second-order valence-corrected chi connectivity index (χ2v) is 12.1. The predicted octanol–water partition coefficient (Wildman–Crippen LogP) is 3.27. The van der Waals surface area contributed by atoms with Crippen LogP contribution < -0.4 is 14.8 Å². The molecule has 1 amide bonds. The highest BCUT2D eigenvalue weighted by molar-refractivity contribution is 5.70. The van der Waals surface area contributed by atoms with Gasteiger partial charge in [0.1, 0.15) is 29.9 Å². The number of amides is 1. The number of hydrogen-bond acceptors (Lipinski definition) is 14. The quantitative estimate of drug-likeness (QED) is 0.0841. The van der Waals surface area contributed by atoms with Crippen LogP contribution in [-0.4, -0.2) is 99.3 Å². The number of carbonyl (C=O) groups excluding carboxylic acids is 4. The SMILES string of the molecule is COc1ccc(COC[C@@]2(NC(=O)OC(C)(C)C)C=C[C@]3(OC2)O[C@H](COC(C)=O)[C@H](OC(C)=O)[C@H](OC(C)=O)[C@H]3N=[N+]=[N-])cc1OC. The molecule has 1 spiro atoms. The van der Waals surface area contributed by atoms with Gasteiger partial charge in [0.25, 0.3) is 0 Å². The number of nitrogens with one attached hydrogen (secondary N) is 1. The third kappa shape index (κ3) is 9.97. The number of esters is 3. The molecule has 1 aromatic rings. The van der Waals surface area contributed by atoms with E-state index in [-0.39, 0.29) is 19.8 Å². The summed E-state index contributed by atoms with van der Waals surface area (Å²) in [5.74, 6) is -3.13. The molecular weight excluding hydrogens is 636 g/mol. The molecule has 264 valence electrons. The van der Waals surface area contributed by atoms with Gasteiger partial charge in [-0.3, -0.25) is 14.4 Å². The number of carbonyl (C=O) groups is 4. The summed E-state index contributed by atoms with van der Waals surface area (Å²) in [6.45, 7) is 7.69. The first kappa shape index (κ1) is 37.9. The van der Waals surface area contributed by atoms with E-state index < -0.39 is 71.9 Å². The zero-order valence-electron chi connectivity index (χ0n) is 28.2. The second kappa shape index (κ2) is 16.0. The number of nitrogens with zero attached hydrogens (tertiary/aromatic N) is 3. The lowest BCUT2D eigenvalue weighted by Crippen LogP contribution is -2.69. The number of methoxy groups -OCH3 is 2. The Bertz CT molecular complexity index is 1420. The normalized spacial score (nSPS) is 26.4. The molecule has 2 aliphatic rings. The predicted molar refractivity (Wildman–Crippen MR) is 165 cm³/mol. The van der Waals surface area contributed by atoms with Gasteiger partial charge in [-0.2, -0.15) is 0 Å². The van der Waals surface area contributed by atoms with Crippen LogP contribution in [-0.2, 0) is 54.1 Å². The van der Waals surface area contributed by atoms with Crippen molar-refractivity contribution in [3.8, 4) is 11.5 Å². The van der Waals surface area contributed by atoms with E-state index in [1.54, 1.807) is 39.0 Å². The van der Waals surface area contributed by atoms with E-state index >= 15 is 0 Å². The first-order chi connectivity index (χ1) is 22.6. The third-order valence-corrected chi connectivity index (χ3v) is 7.00. The Morgan fingerprint density at radius 1 is 1.00 bits per heavy atom. The fraction of sp³-hybridized carbons (Fsp3) is 0.613. The van der Waals surface area contributed by atoms with Crippen molar-refractivity contribution in [3.05, 3.63) is 46.4 Å². The van der Waals surface area contributed by atoms with Gasteiger partial charge in [0, 0.05) is 25.7 Å². The van der Waals surface area contributed by atoms with Crippen molar-refractivity contribution in [1.82, 2.24) is 5.32 Å². The minimum atomic E-state index is -1.95. The molecule has 6 atom stereocenters. The van der Waals surface area contributed by atoms with E-state index in [1.807, 2.05) is 0 Å². The number of alkyl carbamates (subject to hydrolysis) is 1. The lowest BCUT2D eigenvalue weighted by Gasteiger charge is -2.51. The van der Waals surface area contributed by atoms with Crippen molar-refractivity contribution < 1.29 is 61.8 Å². The van der Waals surface area contributed by atoms with Crippen LogP contribution in [0.15, 0.2) is 35.5 Å². The number of azide groups is 1. The van der Waals surface area contributed by atoms with E-state index in [1.165, 1.54) is 33.3 Å². The minimum absolute atomic E-state index is 0.0952. The zero-order chi connectivity index (χ0) is 35.7. The molecule has 0 bridgehead atoms. The molecule has 0 saturated carbocycles. The van der Waals surface area contributed by atoms with Crippen LogP contribution in [0.5, 0.6) is 11.5 Å². The van der Waals surface area contributed by atoms with E-state index in [0.717, 1.165) is 19.4 Å². The summed E-state index contributed by atoms with van der Waals surface area (Å²) in [7, 11) is 3.03. The molecule has 2 aliphatic heterocycles. The number of hydrogen-bond donors (Lipinski definition) is 1. The Hall–Kier alpha value is -4.57. The van der Waals surface area contributed by atoms with Crippen molar-refractivity contribution in [2.45, 2.75) is 89.4 Å². The Morgan fingerprint density at radius 2 is 1.67 bits per heavy atom. The van der Waals surface area contributed by atoms with Gasteiger partial charge in [-0.1, -0.05) is 17.3 Å². The average molecular weight is 679 g/mol. The highest BCUT2D eigenvalue weighted by Gasteiger charge is 2.59. The zero-order valence-corrected chi connectivity index (χ0v) is 28.2. The van der Waals surface area contributed by atoms with Crippen molar-refractivity contribution >= 4 is 24.0 Å². The van der Waals surface area contributed by atoms with Crippen LogP contribution in [0.25, 0.3) is 10.4 Å². The van der Waals surface area contributed by atoms with Crippen LogP contribution >= 0.6 is 0 Å². The lowest BCUT2D eigenvalue weighted by atomic mass is 9.86. The summed E-state index contributed by atoms with van der Waals surface area (Å²) in [6, 6.07) is 3.81. The molecule has 0 aromatic heterocycles. The van der Waals surface area contributed by atoms with Gasteiger partial charge in [-0.05, 0) is 50.1 Å². The summed E-state index contributed by atoms with van der Waals surface area (Å²) >= 11 is 0. The van der Waals surface area contributed by atoms with Gasteiger partial charge in [-0.15, -0.1) is 0 Å². The molecule has 1 fully saturated rings. The third-order valence-electron chi connectivity index (χ3n) is 7.00. The van der Waals surface area contributed by atoms with Crippen molar-refractivity contribution in [1.29, 1.82) is 0 Å². The summed E-state index contributed by atoms with van der Waals surface area (Å²) in [6.07, 6.45) is -1.93. The van der Waals surface area contributed by atoms with Gasteiger partial charge < -0.3 is 47.9 Å². The molecule has 1 N–H and O–H groups in total. The highest BCUT2D eigenvalue weighted by Crippen LogP contribution is 2.41. The smallest absolute Gasteiger partial charge is 0.408 e. The summed E-state index contributed by atoms with van der Waals surface area (Å²) in [5, 5.41) is 6.60. The fourth-order valence-corrected chi connectivity index (χ4v) is 5.08. The molecule has 0 unspecified atom stereocenters. The van der Waals surface area contributed by atoms with Gasteiger partial charge in [-0.25, -0.2) is 4.79 Å². The standard InChI is InChI=1S/C31H42N4O13/c1-18(36)43-15-24-25(45-19(2)37)26(46-20(3)38)27(34-35-32)31(47-24)12-11-30(17-44-31,33-28(39)48-29(4,5)6)16-42-14-21-9-10-22(40-7)23(13-21)41-8/h9-13,24-27H,14-17H2,1-8H3,(H,33,39)/t24-,25+,26+,27-,30+,31+/m1/s1. The molecule has 0 radical (unpaired) electrons. The Kier molecular flexibility index (Phi) is 12.6.